The molecule has 1 aromatic heterocycles. The Morgan fingerprint density at radius 1 is 1.30 bits per heavy atom. The molecule has 2 aromatic rings. The van der Waals surface area contributed by atoms with Crippen LogP contribution in [0.15, 0.2) is 49.1 Å². The van der Waals surface area contributed by atoms with Gasteiger partial charge in [-0.1, -0.05) is 45.0 Å². The Morgan fingerprint density at radius 3 is 2.62 bits per heavy atom. The van der Waals surface area contributed by atoms with Crippen molar-refractivity contribution in [1.82, 2.24) is 15.6 Å². The number of aliphatic hydroxyl groups is 1. The number of hydrogen-bond acceptors (Lipinski definition) is 6. The van der Waals surface area contributed by atoms with Crippen LogP contribution in [0.5, 0.6) is 5.75 Å². The van der Waals surface area contributed by atoms with Crippen LogP contribution in [-0.2, 0) is 11.2 Å². The number of carbonyl (C=O) groups excluding carboxylic acids is 1. The van der Waals surface area contributed by atoms with E-state index in [4.69, 9.17) is 9.72 Å². The molecule has 0 radical (unpaired) electrons. The molecule has 0 saturated heterocycles. The zero-order chi connectivity index (χ0) is 26.6. The van der Waals surface area contributed by atoms with Gasteiger partial charge in [-0.25, -0.2) is 4.98 Å². The van der Waals surface area contributed by atoms with E-state index >= 15 is 0 Å². The SMILES string of the molecule is C=CC[C@H](NC(C)=O)[C@H](O)CN[C@H]1CC2(CCC2)Oc2c1cc(CC(C)(C)C)nc2Nc1ccccc1. The van der Waals surface area contributed by atoms with Crippen LogP contribution in [0, 0.1) is 5.41 Å². The first-order valence-electron chi connectivity index (χ1n) is 13.4. The maximum absolute atomic E-state index is 11.7. The van der Waals surface area contributed by atoms with Gasteiger partial charge in [-0.3, -0.25) is 4.79 Å². The van der Waals surface area contributed by atoms with E-state index in [0.717, 1.165) is 60.6 Å². The minimum atomic E-state index is -0.747. The number of benzene rings is 1. The van der Waals surface area contributed by atoms with Crippen LogP contribution in [0.3, 0.4) is 0 Å². The number of carbonyl (C=O) groups is 1. The first-order valence-corrected chi connectivity index (χ1v) is 13.4. The summed E-state index contributed by atoms with van der Waals surface area (Å²) < 4.78 is 6.72. The van der Waals surface area contributed by atoms with E-state index in [-0.39, 0.29) is 29.0 Å². The standard InChI is InChI=1S/C30H42N4O3/c1-6-11-24(32-20(2)35)26(36)19-31-25-18-30(14-10-15-30)37-27-23(25)16-22(17-29(3,4)5)34-28(27)33-21-12-8-7-9-13-21/h6-9,12-13,16,24-26,31,36H,1,10-11,14-15,17-19H2,2-5H3,(H,32,35)(H,33,34)/t24-,25-,26+/m0/s1. The number of pyridine rings is 1. The quantitative estimate of drug-likeness (QED) is 0.331. The van der Waals surface area contributed by atoms with E-state index in [1.807, 2.05) is 30.3 Å². The summed E-state index contributed by atoms with van der Waals surface area (Å²) in [6, 6.07) is 11.8. The maximum atomic E-state index is 11.7. The van der Waals surface area contributed by atoms with Crippen LogP contribution in [0.4, 0.5) is 11.5 Å². The van der Waals surface area contributed by atoms with Crippen molar-refractivity contribution in [3.8, 4) is 5.75 Å². The van der Waals surface area contributed by atoms with Crippen LogP contribution >= 0.6 is 0 Å². The predicted octanol–water partition coefficient (Wildman–Crippen LogP) is 5.19. The number of aliphatic hydroxyl groups excluding tert-OH is 1. The fourth-order valence-corrected chi connectivity index (χ4v) is 5.31. The molecular weight excluding hydrogens is 464 g/mol. The first kappa shape index (κ1) is 27.1. The highest BCUT2D eigenvalue weighted by atomic mass is 16.5. The molecule has 1 amide bonds. The number of ether oxygens (including phenoxy) is 1. The second-order valence-corrected chi connectivity index (χ2v) is 11.8. The van der Waals surface area contributed by atoms with Crippen LogP contribution in [0.25, 0.3) is 0 Å². The van der Waals surface area contributed by atoms with Crippen molar-refractivity contribution < 1.29 is 14.6 Å². The normalized spacial score (nSPS) is 19.6. The Balaban J connectivity index is 1.66. The third-order valence-corrected chi connectivity index (χ3v) is 7.18. The van der Waals surface area contributed by atoms with Gasteiger partial charge in [-0.15, -0.1) is 6.58 Å². The van der Waals surface area contributed by atoms with Gasteiger partial charge in [-0.05, 0) is 55.7 Å². The lowest BCUT2D eigenvalue weighted by Gasteiger charge is -2.48. The van der Waals surface area contributed by atoms with Gasteiger partial charge in [0, 0.05) is 42.9 Å². The smallest absolute Gasteiger partial charge is 0.217 e. The number of nitrogens with zero attached hydrogens (tertiary/aromatic N) is 1. The Labute approximate surface area is 221 Å². The Bertz CT molecular complexity index is 1090. The van der Waals surface area contributed by atoms with E-state index in [9.17, 15) is 9.90 Å². The third kappa shape index (κ3) is 6.90. The minimum absolute atomic E-state index is 0.00143. The van der Waals surface area contributed by atoms with Gasteiger partial charge < -0.3 is 25.8 Å². The van der Waals surface area contributed by atoms with E-state index < -0.39 is 6.10 Å². The Morgan fingerprint density at radius 2 is 2.03 bits per heavy atom. The van der Waals surface area contributed by atoms with Gasteiger partial charge >= 0.3 is 0 Å². The van der Waals surface area contributed by atoms with E-state index in [1.54, 1.807) is 6.08 Å². The average molecular weight is 507 g/mol. The topological polar surface area (TPSA) is 95.5 Å². The number of nitrogens with one attached hydrogen (secondary N) is 3. The van der Waals surface area contributed by atoms with Crippen LogP contribution in [0.2, 0.25) is 0 Å². The zero-order valence-electron chi connectivity index (χ0n) is 22.6. The lowest BCUT2D eigenvalue weighted by atomic mass is 9.72. The van der Waals surface area contributed by atoms with Crippen molar-refractivity contribution in [3.05, 3.63) is 60.3 Å². The molecule has 37 heavy (non-hydrogen) atoms. The molecule has 1 aromatic carbocycles. The summed E-state index contributed by atoms with van der Waals surface area (Å²) in [5, 5.41) is 20.9. The summed E-state index contributed by atoms with van der Waals surface area (Å²) in [6.07, 6.45) is 6.30. The molecule has 200 valence electrons. The number of fused-ring (bicyclic) bond motifs is 1. The minimum Gasteiger partial charge on any atom is -0.483 e. The van der Waals surface area contributed by atoms with Gasteiger partial charge in [-0.2, -0.15) is 0 Å². The van der Waals surface area contributed by atoms with E-state index in [2.05, 4.69) is 49.4 Å². The second-order valence-electron chi connectivity index (χ2n) is 11.8. The fraction of sp³-hybridized carbons (Fsp3) is 0.533. The van der Waals surface area contributed by atoms with E-state index in [1.165, 1.54) is 6.92 Å². The Kier molecular flexibility index (Phi) is 8.24. The molecule has 0 unspecified atom stereocenters. The summed E-state index contributed by atoms with van der Waals surface area (Å²) in [5.41, 5.74) is 2.90. The van der Waals surface area contributed by atoms with Crippen molar-refractivity contribution in [1.29, 1.82) is 0 Å². The molecule has 7 heteroatoms. The maximum Gasteiger partial charge on any atom is 0.217 e. The summed E-state index contributed by atoms with van der Waals surface area (Å²) in [7, 11) is 0. The number of para-hydroxylation sites is 1. The molecule has 2 heterocycles. The lowest BCUT2D eigenvalue weighted by molar-refractivity contribution is -0.120. The molecule has 1 fully saturated rings. The average Bonchev–Trinajstić information content (AvgIpc) is 2.80. The molecule has 7 nitrogen and oxygen atoms in total. The van der Waals surface area contributed by atoms with Crippen molar-refractivity contribution >= 4 is 17.4 Å². The summed E-state index contributed by atoms with van der Waals surface area (Å²) in [4.78, 5) is 16.7. The number of hydrogen-bond donors (Lipinski definition) is 4. The molecule has 2 aliphatic rings. The number of amides is 1. The Hall–Kier alpha value is -2.90. The molecule has 0 bridgehead atoms. The van der Waals surface area contributed by atoms with E-state index in [0.29, 0.717) is 13.0 Å². The molecular formula is C30H42N4O3. The molecule has 1 aliphatic heterocycles. The molecule has 1 spiro atoms. The van der Waals surface area contributed by atoms with Gasteiger partial charge in [0.2, 0.25) is 5.91 Å². The third-order valence-electron chi connectivity index (χ3n) is 7.18. The van der Waals surface area contributed by atoms with Crippen LogP contribution in [0.1, 0.15) is 77.1 Å². The van der Waals surface area contributed by atoms with Gasteiger partial charge in [0.25, 0.3) is 0 Å². The van der Waals surface area contributed by atoms with Crippen molar-refractivity contribution in [2.45, 2.75) is 90.0 Å². The highest BCUT2D eigenvalue weighted by Crippen LogP contribution is 2.51. The lowest BCUT2D eigenvalue weighted by Crippen LogP contribution is -2.51. The van der Waals surface area contributed by atoms with Crippen molar-refractivity contribution in [3.63, 3.8) is 0 Å². The van der Waals surface area contributed by atoms with Gasteiger partial charge in [0.15, 0.2) is 11.6 Å². The van der Waals surface area contributed by atoms with Crippen LogP contribution < -0.4 is 20.7 Å². The van der Waals surface area contributed by atoms with Crippen molar-refractivity contribution in [2.24, 2.45) is 5.41 Å². The second kappa shape index (κ2) is 11.2. The predicted molar refractivity (Wildman–Crippen MR) is 148 cm³/mol. The highest BCUT2D eigenvalue weighted by molar-refractivity contribution is 5.73. The molecule has 1 saturated carbocycles. The number of rotatable bonds is 10. The van der Waals surface area contributed by atoms with Gasteiger partial charge in [0.05, 0.1) is 12.1 Å². The monoisotopic (exact) mass is 506 g/mol. The van der Waals surface area contributed by atoms with Gasteiger partial charge in [0.1, 0.15) is 5.60 Å². The van der Waals surface area contributed by atoms with Crippen LogP contribution in [-0.4, -0.2) is 40.3 Å². The molecule has 4 rings (SSSR count). The first-order chi connectivity index (χ1) is 17.6. The zero-order valence-corrected chi connectivity index (χ0v) is 22.6. The number of aromatic nitrogens is 1. The fourth-order valence-electron chi connectivity index (χ4n) is 5.31. The van der Waals surface area contributed by atoms with Crippen molar-refractivity contribution in [2.75, 3.05) is 11.9 Å². The summed E-state index contributed by atoms with van der Waals surface area (Å²) in [6.45, 7) is 12.2. The largest absolute Gasteiger partial charge is 0.483 e. The highest BCUT2D eigenvalue weighted by Gasteiger charge is 2.47. The molecule has 1 aliphatic carbocycles. The number of anilines is 2. The summed E-state index contributed by atoms with van der Waals surface area (Å²) in [5.74, 6) is 1.37. The molecule has 4 N–H and O–H groups in total. The summed E-state index contributed by atoms with van der Waals surface area (Å²) >= 11 is 0. The molecule has 3 atom stereocenters.